The quantitative estimate of drug-likeness (QED) is 0.387. The number of rotatable bonds is 6. The summed E-state index contributed by atoms with van der Waals surface area (Å²) in [5.74, 6) is -0.776. The number of sulfone groups is 1. The predicted octanol–water partition coefficient (Wildman–Crippen LogP) is 5.58. The molecule has 0 unspecified atom stereocenters. The molecule has 1 amide bonds. The number of nitrogens with zero attached hydrogens (tertiary/aromatic N) is 1. The van der Waals surface area contributed by atoms with Crippen molar-refractivity contribution in [3.8, 4) is 0 Å². The molecule has 0 saturated heterocycles. The number of hydrogen-bond acceptors (Lipinski definition) is 3. The second kappa shape index (κ2) is 8.98. The SMILES string of the molecule is Cc1cccc(CS(=O)(=O)c2cn(CC(=O)Nc3cccc(C(F)(F)F)c3)c3ccccc23)c1. The summed E-state index contributed by atoms with van der Waals surface area (Å²) in [6.07, 6.45) is -3.13. The molecule has 0 saturated carbocycles. The summed E-state index contributed by atoms with van der Waals surface area (Å²) in [7, 11) is -3.73. The Morgan fingerprint density at radius 2 is 1.71 bits per heavy atom. The van der Waals surface area contributed by atoms with Gasteiger partial charge in [-0.1, -0.05) is 54.1 Å². The van der Waals surface area contributed by atoms with E-state index < -0.39 is 27.5 Å². The first-order chi connectivity index (χ1) is 16.0. The topological polar surface area (TPSA) is 68.2 Å². The van der Waals surface area contributed by atoms with Crippen LogP contribution in [0.15, 0.2) is 83.9 Å². The van der Waals surface area contributed by atoms with Crippen molar-refractivity contribution in [2.24, 2.45) is 0 Å². The van der Waals surface area contributed by atoms with E-state index in [1.54, 1.807) is 42.5 Å². The number of aryl methyl sites for hydroxylation is 1. The van der Waals surface area contributed by atoms with Gasteiger partial charge in [-0.2, -0.15) is 13.2 Å². The minimum atomic E-state index is -4.53. The number of nitrogens with one attached hydrogen (secondary N) is 1. The number of carbonyl (C=O) groups is 1. The molecule has 176 valence electrons. The highest BCUT2D eigenvalue weighted by atomic mass is 32.2. The van der Waals surface area contributed by atoms with Gasteiger partial charge in [0.2, 0.25) is 5.91 Å². The molecule has 34 heavy (non-hydrogen) atoms. The molecule has 1 heterocycles. The Bertz CT molecular complexity index is 1470. The molecule has 0 aliphatic heterocycles. The molecule has 0 aliphatic rings. The molecule has 1 N–H and O–H groups in total. The molecular formula is C25H21F3N2O3S. The van der Waals surface area contributed by atoms with Gasteiger partial charge < -0.3 is 9.88 Å². The van der Waals surface area contributed by atoms with Gasteiger partial charge in [-0.3, -0.25) is 4.79 Å². The van der Waals surface area contributed by atoms with E-state index in [1.807, 2.05) is 13.0 Å². The third-order valence-corrected chi connectivity index (χ3v) is 7.02. The van der Waals surface area contributed by atoms with Crippen molar-refractivity contribution in [1.82, 2.24) is 4.57 Å². The maximum atomic E-state index is 13.2. The number of carbonyl (C=O) groups excluding carboxylic acids is 1. The van der Waals surface area contributed by atoms with Gasteiger partial charge in [-0.15, -0.1) is 0 Å². The number of alkyl halides is 3. The fourth-order valence-corrected chi connectivity index (χ4v) is 5.39. The predicted molar refractivity (Wildman–Crippen MR) is 124 cm³/mol. The van der Waals surface area contributed by atoms with Crippen LogP contribution in [0.5, 0.6) is 0 Å². The van der Waals surface area contributed by atoms with Gasteiger partial charge in [0.1, 0.15) is 6.54 Å². The number of amides is 1. The molecule has 0 bridgehead atoms. The van der Waals surface area contributed by atoms with Gasteiger partial charge in [-0.25, -0.2) is 8.42 Å². The van der Waals surface area contributed by atoms with Crippen LogP contribution in [0.25, 0.3) is 10.9 Å². The first-order valence-corrected chi connectivity index (χ1v) is 12.0. The van der Waals surface area contributed by atoms with Crippen LogP contribution in [-0.2, 0) is 33.1 Å². The lowest BCUT2D eigenvalue weighted by atomic mass is 10.2. The molecule has 3 aromatic carbocycles. The van der Waals surface area contributed by atoms with Crippen molar-refractivity contribution in [1.29, 1.82) is 0 Å². The van der Waals surface area contributed by atoms with Crippen molar-refractivity contribution in [2.75, 3.05) is 5.32 Å². The number of halogens is 3. The minimum absolute atomic E-state index is 0.00331. The lowest BCUT2D eigenvalue weighted by Crippen LogP contribution is -2.18. The lowest BCUT2D eigenvalue weighted by molar-refractivity contribution is -0.137. The zero-order valence-electron chi connectivity index (χ0n) is 18.1. The largest absolute Gasteiger partial charge is 0.416 e. The molecule has 9 heteroatoms. The van der Waals surface area contributed by atoms with E-state index in [0.29, 0.717) is 16.5 Å². The number of aromatic nitrogens is 1. The molecular weight excluding hydrogens is 465 g/mol. The van der Waals surface area contributed by atoms with Gasteiger partial charge in [-0.05, 0) is 36.8 Å². The fourth-order valence-electron chi connectivity index (χ4n) is 3.82. The molecule has 0 atom stereocenters. The Kier molecular flexibility index (Phi) is 6.22. The van der Waals surface area contributed by atoms with Crippen LogP contribution in [0, 0.1) is 6.92 Å². The normalized spacial score (nSPS) is 12.1. The van der Waals surface area contributed by atoms with Gasteiger partial charge in [0.25, 0.3) is 0 Å². The van der Waals surface area contributed by atoms with Crippen LogP contribution in [0.3, 0.4) is 0 Å². The van der Waals surface area contributed by atoms with E-state index >= 15 is 0 Å². The monoisotopic (exact) mass is 486 g/mol. The number of hydrogen-bond donors (Lipinski definition) is 1. The van der Waals surface area contributed by atoms with Crippen LogP contribution in [0.1, 0.15) is 16.7 Å². The molecule has 1 aromatic heterocycles. The Labute approximate surface area is 194 Å². The molecule has 5 nitrogen and oxygen atoms in total. The van der Waals surface area contributed by atoms with E-state index in [2.05, 4.69) is 5.32 Å². The molecule has 0 spiro atoms. The summed E-state index contributed by atoms with van der Waals surface area (Å²) in [6.45, 7) is 1.61. The zero-order chi connectivity index (χ0) is 24.5. The highest BCUT2D eigenvalue weighted by molar-refractivity contribution is 7.90. The van der Waals surface area contributed by atoms with Crippen molar-refractivity contribution < 1.29 is 26.4 Å². The van der Waals surface area contributed by atoms with Crippen molar-refractivity contribution in [3.05, 3.63) is 95.7 Å². The summed E-state index contributed by atoms with van der Waals surface area (Å²) in [4.78, 5) is 12.7. The number of anilines is 1. The van der Waals surface area contributed by atoms with E-state index in [4.69, 9.17) is 0 Å². The molecule has 4 aromatic rings. The van der Waals surface area contributed by atoms with E-state index in [-0.39, 0.29) is 22.9 Å². The van der Waals surface area contributed by atoms with Gasteiger partial charge in [0.15, 0.2) is 9.84 Å². The number of benzene rings is 3. The smallest absolute Gasteiger partial charge is 0.337 e. The van der Waals surface area contributed by atoms with E-state index in [0.717, 1.165) is 17.7 Å². The average Bonchev–Trinajstić information content (AvgIpc) is 3.12. The van der Waals surface area contributed by atoms with Gasteiger partial charge in [0.05, 0.1) is 16.2 Å². The Balaban J connectivity index is 1.61. The van der Waals surface area contributed by atoms with Crippen LogP contribution in [-0.4, -0.2) is 18.9 Å². The Morgan fingerprint density at radius 3 is 2.44 bits per heavy atom. The maximum Gasteiger partial charge on any atom is 0.416 e. The van der Waals surface area contributed by atoms with Crippen molar-refractivity contribution >= 4 is 32.3 Å². The molecule has 0 aliphatic carbocycles. The standard InChI is InChI=1S/C25H21F3N2O3S/c1-17-6-4-7-18(12-17)16-34(32,33)23-14-30(22-11-3-2-10-21(22)23)15-24(31)29-20-9-5-8-19(13-20)25(26,27)28/h2-14H,15-16H2,1H3,(H,29,31). The van der Waals surface area contributed by atoms with Gasteiger partial charge >= 0.3 is 6.18 Å². The van der Waals surface area contributed by atoms with Crippen LogP contribution in [0.2, 0.25) is 0 Å². The van der Waals surface area contributed by atoms with Gasteiger partial charge in [0, 0.05) is 22.8 Å². The zero-order valence-corrected chi connectivity index (χ0v) is 19.0. The van der Waals surface area contributed by atoms with E-state index in [9.17, 15) is 26.4 Å². The van der Waals surface area contributed by atoms with Crippen LogP contribution >= 0.6 is 0 Å². The van der Waals surface area contributed by atoms with Crippen molar-refractivity contribution in [2.45, 2.75) is 30.3 Å². The van der Waals surface area contributed by atoms with Crippen LogP contribution in [0.4, 0.5) is 18.9 Å². The first kappa shape index (κ1) is 23.6. The van der Waals surface area contributed by atoms with Crippen molar-refractivity contribution in [3.63, 3.8) is 0 Å². The second-order valence-electron chi connectivity index (χ2n) is 8.01. The summed E-state index contributed by atoms with van der Waals surface area (Å²) in [5.41, 5.74) is 1.26. The second-order valence-corrected chi connectivity index (χ2v) is 9.97. The third-order valence-electron chi connectivity index (χ3n) is 5.31. The summed E-state index contributed by atoms with van der Waals surface area (Å²) in [6, 6.07) is 18.3. The van der Waals surface area contributed by atoms with E-state index in [1.165, 1.54) is 22.9 Å². The Morgan fingerprint density at radius 1 is 0.971 bits per heavy atom. The molecule has 4 rings (SSSR count). The average molecular weight is 487 g/mol. The first-order valence-electron chi connectivity index (χ1n) is 10.4. The summed E-state index contributed by atoms with van der Waals surface area (Å²) >= 11 is 0. The molecule has 0 fully saturated rings. The maximum absolute atomic E-state index is 13.2. The fraction of sp³-hybridized carbons (Fsp3) is 0.160. The Hall–Kier alpha value is -3.59. The summed E-state index contributed by atoms with van der Waals surface area (Å²) in [5, 5.41) is 2.93. The highest BCUT2D eigenvalue weighted by Crippen LogP contribution is 2.31. The molecule has 0 radical (unpaired) electrons. The highest BCUT2D eigenvalue weighted by Gasteiger charge is 2.30. The third kappa shape index (κ3) is 5.14. The number of para-hydroxylation sites is 1. The summed E-state index contributed by atoms with van der Waals surface area (Å²) < 4.78 is 66.8. The lowest BCUT2D eigenvalue weighted by Gasteiger charge is -2.10. The minimum Gasteiger partial charge on any atom is -0.337 e. The number of fused-ring (bicyclic) bond motifs is 1. The van der Waals surface area contributed by atoms with Crippen LogP contribution < -0.4 is 5.32 Å².